The molecule has 0 radical (unpaired) electrons. The summed E-state index contributed by atoms with van der Waals surface area (Å²) in [5, 5.41) is 29.1. The number of azo groups is 1. The van der Waals surface area contributed by atoms with Crippen molar-refractivity contribution in [3.8, 4) is 11.5 Å². The third-order valence-corrected chi connectivity index (χ3v) is 9.66. The number of halogens is 1. The van der Waals surface area contributed by atoms with Gasteiger partial charge in [-0.3, -0.25) is 0 Å². The Morgan fingerprint density at radius 3 is 2.22 bits per heavy atom. The van der Waals surface area contributed by atoms with Gasteiger partial charge in [-0.2, -0.15) is 0 Å². The van der Waals surface area contributed by atoms with E-state index in [1.165, 1.54) is 18.2 Å². The van der Waals surface area contributed by atoms with Crippen molar-refractivity contribution in [2.75, 3.05) is 8.86 Å². The summed E-state index contributed by atoms with van der Waals surface area (Å²) in [7, 11) is -4.44. The zero-order valence-electron chi connectivity index (χ0n) is 13.9. The zero-order chi connectivity index (χ0) is 19.2. The van der Waals surface area contributed by atoms with Crippen molar-refractivity contribution in [1.82, 2.24) is 0 Å². The number of nitrogens with zero attached hydrogens (tertiary/aromatic N) is 2. The fraction of sp³-hybridized carbons (Fsp3) is 0.111. The Labute approximate surface area is 162 Å². The average Bonchev–Trinajstić information content (AvgIpc) is 3.44. The second kappa shape index (κ2) is 6.73. The third kappa shape index (κ3) is 3.62. The molecule has 140 valence electrons. The summed E-state index contributed by atoms with van der Waals surface area (Å²) in [5.41, 5.74) is 0.466. The molecular weight excluding hydrogens is 483 g/mol. The number of phenolic OH excluding ortho intramolecular Hbond substituents is 2. The normalized spacial score (nSPS) is 15.5. The molecule has 27 heavy (non-hydrogen) atoms. The molecule has 0 atom stereocenters. The van der Waals surface area contributed by atoms with Crippen LogP contribution in [0, 0.1) is 3.57 Å². The average molecular weight is 498 g/mol. The molecule has 0 aromatic heterocycles. The number of aromatic hydroxyl groups is 2. The maximum atomic E-state index is 11.7. The number of benzene rings is 3. The molecule has 0 unspecified atom stereocenters. The van der Waals surface area contributed by atoms with Crippen LogP contribution >= 0.6 is 19.8 Å². The molecule has 0 aliphatic carbocycles. The molecule has 1 saturated heterocycles. The number of hydrogen-bond acceptors (Lipinski definition) is 6. The van der Waals surface area contributed by atoms with Gasteiger partial charge in [-0.1, -0.05) is 0 Å². The van der Waals surface area contributed by atoms with Gasteiger partial charge in [-0.05, 0) is 0 Å². The van der Waals surface area contributed by atoms with Gasteiger partial charge in [-0.15, -0.1) is 0 Å². The van der Waals surface area contributed by atoms with Crippen LogP contribution in [-0.2, 0) is 10.1 Å². The van der Waals surface area contributed by atoms with E-state index in [4.69, 9.17) is 0 Å². The van der Waals surface area contributed by atoms with Crippen molar-refractivity contribution in [2.45, 2.75) is 4.90 Å². The first-order valence-electron chi connectivity index (χ1n) is 7.93. The van der Waals surface area contributed by atoms with Crippen LogP contribution in [0.1, 0.15) is 0 Å². The second-order valence-electron chi connectivity index (χ2n) is 5.93. The summed E-state index contributed by atoms with van der Waals surface area (Å²) in [6.07, 6.45) is 0. The van der Waals surface area contributed by atoms with Crippen molar-refractivity contribution < 1.29 is 23.2 Å². The summed E-state index contributed by atoms with van der Waals surface area (Å²) in [6.45, 7) is 0. The van der Waals surface area contributed by atoms with Gasteiger partial charge in [0.1, 0.15) is 0 Å². The molecule has 4 rings (SSSR count). The van der Waals surface area contributed by atoms with E-state index in [-0.39, 0.29) is 33.2 Å². The van der Waals surface area contributed by atoms with Gasteiger partial charge in [0.05, 0.1) is 0 Å². The van der Waals surface area contributed by atoms with Gasteiger partial charge < -0.3 is 0 Å². The fourth-order valence-electron chi connectivity index (χ4n) is 2.77. The minimum atomic E-state index is -4.44. The van der Waals surface area contributed by atoms with Crippen LogP contribution in [0.3, 0.4) is 0 Å². The standard InChI is InChI=1S/C18H15IN2O5S/c22-15-10-16(23)14(9-12(15)19-7-8-19)21-20-13-5-1-3-11-4-2-6-17(18(11)13)27(24,25)26/h1-6,9-10,22-23H,7-8H2,(H,24,25,26). The van der Waals surface area contributed by atoms with Crippen LogP contribution in [0.5, 0.6) is 11.5 Å². The predicted octanol–water partition coefficient (Wildman–Crippen LogP) is 4.60. The van der Waals surface area contributed by atoms with Gasteiger partial charge >= 0.3 is 163 Å². The summed E-state index contributed by atoms with van der Waals surface area (Å²) >= 11 is -1.29. The molecule has 3 N–H and O–H groups in total. The van der Waals surface area contributed by atoms with Crippen LogP contribution in [-0.4, -0.2) is 32.0 Å². The van der Waals surface area contributed by atoms with Crippen LogP contribution in [0.25, 0.3) is 10.8 Å². The fourth-order valence-corrected chi connectivity index (χ4v) is 7.90. The van der Waals surface area contributed by atoms with E-state index in [1.807, 2.05) is 0 Å². The Kier molecular flexibility index (Phi) is 4.52. The van der Waals surface area contributed by atoms with Gasteiger partial charge in [0.2, 0.25) is 0 Å². The van der Waals surface area contributed by atoms with Crippen molar-refractivity contribution in [3.05, 3.63) is 52.1 Å². The van der Waals surface area contributed by atoms with E-state index >= 15 is 0 Å². The third-order valence-electron chi connectivity index (χ3n) is 4.10. The molecule has 1 fully saturated rings. The summed E-state index contributed by atoms with van der Waals surface area (Å²) in [6, 6.07) is 12.4. The molecule has 1 aliphatic rings. The minimum absolute atomic E-state index is 0.0907. The predicted molar refractivity (Wildman–Crippen MR) is 110 cm³/mol. The number of hydrogen-bond donors (Lipinski definition) is 3. The molecule has 3 aromatic rings. The van der Waals surface area contributed by atoms with Crippen molar-refractivity contribution in [2.24, 2.45) is 10.2 Å². The van der Waals surface area contributed by atoms with Crippen molar-refractivity contribution in [3.63, 3.8) is 0 Å². The van der Waals surface area contributed by atoms with Gasteiger partial charge in [0.25, 0.3) is 0 Å². The topological polar surface area (TPSA) is 120 Å². The maximum absolute atomic E-state index is 11.7. The van der Waals surface area contributed by atoms with Crippen molar-refractivity contribution in [1.29, 1.82) is 0 Å². The van der Waals surface area contributed by atoms with Crippen LogP contribution in [0.15, 0.2) is 63.7 Å². The van der Waals surface area contributed by atoms with E-state index in [1.54, 1.807) is 30.3 Å². The molecule has 3 aromatic carbocycles. The number of alkyl halides is 2. The second-order valence-corrected chi connectivity index (χ2v) is 13.2. The van der Waals surface area contributed by atoms with E-state index in [0.29, 0.717) is 5.39 Å². The first-order valence-corrected chi connectivity index (χ1v) is 13.5. The van der Waals surface area contributed by atoms with E-state index in [0.717, 1.165) is 12.4 Å². The SMILES string of the molecule is O=S(=O)(O)c1cccc2cccc(N=Nc3cc(I4CC4)c(O)cc3O)c12. The quantitative estimate of drug-likeness (QED) is 0.210. The van der Waals surface area contributed by atoms with Gasteiger partial charge in [-0.25, -0.2) is 0 Å². The molecular formula is C18H15IN2O5S. The van der Waals surface area contributed by atoms with E-state index in [2.05, 4.69) is 10.2 Å². The number of fused-ring (bicyclic) bond motifs is 1. The first-order chi connectivity index (χ1) is 12.8. The molecule has 1 heterocycles. The van der Waals surface area contributed by atoms with Gasteiger partial charge in [0, 0.05) is 0 Å². The summed E-state index contributed by atoms with van der Waals surface area (Å²) in [4.78, 5) is -0.253. The van der Waals surface area contributed by atoms with Crippen LogP contribution < -0.4 is 0 Å². The molecule has 1 aliphatic heterocycles. The van der Waals surface area contributed by atoms with E-state index < -0.39 is 29.9 Å². The molecule has 0 bridgehead atoms. The summed E-state index contributed by atoms with van der Waals surface area (Å²) in [5.74, 6) is -0.110. The number of rotatable bonds is 4. The molecule has 0 amide bonds. The molecule has 0 spiro atoms. The Morgan fingerprint density at radius 1 is 0.889 bits per heavy atom. The Balaban J connectivity index is 1.84. The molecule has 7 nitrogen and oxygen atoms in total. The van der Waals surface area contributed by atoms with Gasteiger partial charge in [0.15, 0.2) is 0 Å². The van der Waals surface area contributed by atoms with Crippen LogP contribution in [0.4, 0.5) is 11.4 Å². The Morgan fingerprint density at radius 2 is 1.56 bits per heavy atom. The number of phenols is 2. The Bertz CT molecular complexity index is 1180. The van der Waals surface area contributed by atoms with Crippen molar-refractivity contribution >= 4 is 52.1 Å². The first kappa shape index (κ1) is 18.1. The summed E-state index contributed by atoms with van der Waals surface area (Å²) < 4.78 is 36.1. The monoisotopic (exact) mass is 498 g/mol. The molecule has 0 saturated carbocycles. The Hall–Kier alpha value is -2.24. The molecule has 9 heteroatoms. The zero-order valence-corrected chi connectivity index (χ0v) is 16.8. The van der Waals surface area contributed by atoms with E-state index in [9.17, 15) is 23.2 Å². The van der Waals surface area contributed by atoms with Crippen LogP contribution in [0.2, 0.25) is 0 Å².